The van der Waals surface area contributed by atoms with Crippen LogP contribution in [0.4, 0.5) is 0 Å². The van der Waals surface area contributed by atoms with Gasteiger partial charge in [0.05, 0.1) is 0 Å². The zero-order chi connectivity index (χ0) is 22.5. The highest BCUT2D eigenvalue weighted by Crippen LogP contribution is 2.18. The van der Waals surface area contributed by atoms with E-state index in [0.717, 1.165) is 26.2 Å². The van der Waals surface area contributed by atoms with E-state index in [9.17, 15) is 0 Å². The van der Waals surface area contributed by atoms with Crippen molar-refractivity contribution in [2.75, 3.05) is 0 Å². The van der Waals surface area contributed by atoms with Crippen LogP contribution >= 0.6 is 0 Å². The monoisotopic (exact) mass is 600 g/mol. The number of aromatic nitrogens is 4. The Morgan fingerprint density at radius 3 is 1.39 bits per heavy atom. The Balaban J connectivity index is 0.00000133. The fourth-order valence-electron chi connectivity index (χ4n) is 5.35. The Bertz CT molecular complexity index is 1540. The average molecular weight is 602 g/mol. The van der Waals surface area contributed by atoms with Gasteiger partial charge in [0, 0.05) is 0 Å². The van der Waals surface area contributed by atoms with Crippen LogP contribution < -0.4 is 43.1 Å². The molecule has 0 amide bonds. The third-order valence-corrected chi connectivity index (χ3v) is 6.98. The molecule has 0 radical (unpaired) electrons. The molecule has 6 aromatic rings. The van der Waals surface area contributed by atoms with Gasteiger partial charge in [0.2, 0.25) is 12.7 Å². The molecule has 0 atom stereocenters. The summed E-state index contributed by atoms with van der Waals surface area (Å²) in [6.45, 7) is 3.43. The van der Waals surface area contributed by atoms with Crippen molar-refractivity contribution in [2.45, 2.75) is 26.2 Å². The van der Waals surface area contributed by atoms with Crippen LogP contribution in [0.3, 0.4) is 0 Å². The summed E-state index contributed by atoms with van der Waals surface area (Å²) in [6.07, 6.45) is 4.54. The van der Waals surface area contributed by atoms with Crippen LogP contribution in [0, 0.1) is 0 Å². The summed E-state index contributed by atoms with van der Waals surface area (Å²) in [5, 5.41) is 0. The van der Waals surface area contributed by atoms with Gasteiger partial charge in [-0.25, -0.2) is 18.3 Å². The first kappa shape index (κ1) is 24.5. The third kappa shape index (κ3) is 4.40. The lowest BCUT2D eigenvalue weighted by atomic mass is 10.1. The maximum atomic E-state index is 2.37. The highest BCUT2D eigenvalue weighted by Gasteiger charge is 2.19. The van der Waals surface area contributed by atoms with Gasteiger partial charge in [0.25, 0.3) is 0 Å². The van der Waals surface area contributed by atoms with Crippen molar-refractivity contribution < 1.29 is 43.1 Å². The molecule has 0 fully saturated rings. The molecule has 36 heavy (non-hydrogen) atoms. The minimum Gasteiger partial charge on any atom is -1.00 e. The topological polar surface area (TPSA) is 17.6 Å². The predicted octanol–water partition coefficient (Wildman–Crippen LogP) is -1.31. The quantitative estimate of drug-likeness (QED) is 0.192. The zero-order valence-electron chi connectivity index (χ0n) is 19.8. The first-order valence-corrected chi connectivity index (χ1v) is 11.9. The molecule has 4 aromatic carbocycles. The number of hydrogen-bond acceptors (Lipinski definition) is 0. The summed E-state index contributed by atoms with van der Waals surface area (Å²) < 4.78 is 9.49. The molecule has 4 nitrogen and oxygen atoms in total. The molecule has 2 aliphatic heterocycles. The van der Waals surface area contributed by atoms with Crippen LogP contribution in [0.15, 0.2) is 110 Å². The molecule has 2 aliphatic rings. The second kappa shape index (κ2) is 10.0. The van der Waals surface area contributed by atoms with Gasteiger partial charge < -0.3 is 34.0 Å². The molecular weight excluding hydrogens is 576 g/mol. The zero-order valence-corrected chi connectivity index (χ0v) is 22.9. The van der Waals surface area contributed by atoms with Gasteiger partial charge in [-0.05, 0) is 52.6 Å². The Labute approximate surface area is 231 Å². The largest absolute Gasteiger partial charge is 1.00 e. The molecule has 0 aliphatic carbocycles. The van der Waals surface area contributed by atoms with Crippen LogP contribution in [0.5, 0.6) is 0 Å². The minimum atomic E-state index is 0. The normalized spacial score (nSPS) is 12.7. The van der Waals surface area contributed by atoms with Crippen molar-refractivity contribution >= 4 is 22.1 Å². The molecular formula is C30H26Br2N4. The Morgan fingerprint density at radius 1 is 0.472 bits per heavy atom. The summed E-state index contributed by atoms with van der Waals surface area (Å²) in [5.41, 5.74) is 10.3. The molecule has 8 rings (SSSR count). The van der Waals surface area contributed by atoms with Gasteiger partial charge in [0.1, 0.15) is 26.2 Å². The van der Waals surface area contributed by atoms with E-state index in [-0.39, 0.29) is 34.0 Å². The van der Waals surface area contributed by atoms with Crippen LogP contribution in [0.1, 0.15) is 22.3 Å². The Hall–Kier alpha value is -3.22. The summed E-state index contributed by atoms with van der Waals surface area (Å²) in [6, 6.07) is 35.5. The lowest BCUT2D eigenvalue weighted by molar-refractivity contribution is -0.664. The maximum Gasteiger partial charge on any atom is 0.245 e. The summed E-state index contributed by atoms with van der Waals surface area (Å²) in [7, 11) is 0. The van der Waals surface area contributed by atoms with E-state index < -0.39 is 0 Å². The first-order valence-electron chi connectivity index (χ1n) is 11.9. The number of rotatable bonds is 0. The Kier molecular flexibility index (Phi) is 6.82. The van der Waals surface area contributed by atoms with E-state index in [1.165, 1.54) is 44.3 Å². The third-order valence-electron chi connectivity index (χ3n) is 6.98. The van der Waals surface area contributed by atoms with Gasteiger partial charge in [-0.2, -0.15) is 0 Å². The molecule has 0 saturated carbocycles. The summed E-state index contributed by atoms with van der Waals surface area (Å²) in [4.78, 5) is 0. The van der Waals surface area contributed by atoms with Gasteiger partial charge in [0.15, 0.2) is 22.1 Å². The Morgan fingerprint density at radius 2 is 0.917 bits per heavy atom. The number of nitrogens with zero attached hydrogens (tertiary/aromatic N) is 4. The van der Waals surface area contributed by atoms with E-state index >= 15 is 0 Å². The van der Waals surface area contributed by atoms with Gasteiger partial charge in [-0.3, -0.25) is 0 Å². The molecule has 0 unspecified atom stereocenters. The second-order valence-electron chi connectivity index (χ2n) is 9.36. The molecule has 6 heteroatoms. The molecule has 0 N–H and O–H groups in total. The van der Waals surface area contributed by atoms with E-state index in [0.29, 0.717) is 0 Å². The van der Waals surface area contributed by atoms with Crippen LogP contribution in [-0.2, 0) is 26.2 Å². The fraction of sp³-hybridized carbons (Fsp3) is 0.133. The standard InChI is InChI=1S/C30H26N4.2BrH/c1-3-10-29-27(8-1)31-17-23-12-14-24(15-13-23)18-32-22-34(30-11-4-2-9-28(30)32)20-26-7-5-6-25(16-26)19-33(29)21-31;;/h1-16,21-22H,17-20H2;2*1H/q+2;;/p-2. The minimum absolute atomic E-state index is 0. The number of fused-ring (bicyclic) bond motifs is 4. The summed E-state index contributed by atoms with van der Waals surface area (Å²) in [5.74, 6) is 0. The van der Waals surface area contributed by atoms with E-state index in [4.69, 9.17) is 0 Å². The van der Waals surface area contributed by atoms with Gasteiger partial charge in [-0.1, -0.05) is 66.7 Å². The lowest BCUT2D eigenvalue weighted by Crippen LogP contribution is -3.00. The van der Waals surface area contributed by atoms with Crippen molar-refractivity contribution in [1.82, 2.24) is 9.13 Å². The predicted molar refractivity (Wildman–Crippen MR) is 134 cm³/mol. The van der Waals surface area contributed by atoms with Crippen LogP contribution in [0.2, 0.25) is 0 Å². The van der Waals surface area contributed by atoms with E-state index in [1.807, 2.05) is 0 Å². The highest BCUT2D eigenvalue weighted by atomic mass is 79.9. The molecule has 0 saturated heterocycles. The maximum absolute atomic E-state index is 2.37. The molecule has 8 bridgehead atoms. The number of imidazole rings is 2. The summed E-state index contributed by atoms with van der Waals surface area (Å²) >= 11 is 0. The van der Waals surface area contributed by atoms with Crippen molar-refractivity contribution in [3.63, 3.8) is 0 Å². The highest BCUT2D eigenvalue weighted by molar-refractivity contribution is 5.72. The molecule has 4 heterocycles. The fourth-order valence-corrected chi connectivity index (χ4v) is 5.35. The second-order valence-corrected chi connectivity index (χ2v) is 9.36. The average Bonchev–Trinajstić information content (AvgIpc) is 3.38. The molecule has 180 valence electrons. The van der Waals surface area contributed by atoms with Gasteiger partial charge >= 0.3 is 0 Å². The first-order chi connectivity index (χ1) is 16.8. The number of halogens is 2. The number of para-hydroxylation sites is 4. The van der Waals surface area contributed by atoms with Crippen LogP contribution in [-0.4, -0.2) is 9.13 Å². The van der Waals surface area contributed by atoms with Gasteiger partial charge in [-0.15, -0.1) is 0 Å². The van der Waals surface area contributed by atoms with Crippen molar-refractivity contribution in [2.24, 2.45) is 0 Å². The van der Waals surface area contributed by atoms with E-state index in [1.54, 1.807) is 0 Å². The molecule has 2 aromatic heterocycles. The number of hydrogen-bond donors (Lipinski definition) is 0. The smallest absolute Gasteiger partial charge is 0.245 e. The molecule has 0 spiro atoms. The van der Waals surface area contributed by atoms with Crippen molar-refractivity contribution in [3.05, 3.63) is 132 Å². The number of benzene rings is 4. The van der Waals surface area contributed by atoms with Crippen LogP contribution in [0.25, 0.3) is 22.1 Å². The lowest BCUT2D eigenvalue weighted by Gasteiger charge is -2.03. The van der Waals surface area contributed by atoms with Crippen molar-refractivity contribution in [3.8, 4) is 0 Å². The van der Waals surface area contributed by atoms with E-state index in [2.05, 4.69) is 128 Å². The van der Waals surface area contributed by atoms with Crippen molar-refractivity contribution in [1.29, 1.82) is 0 Å². The SMILES string of the molecule is [Br-].[Br-].c1cc2cc(c1)C[n+]1cn(c3ccccc31)Cc1ccc(cc1)Cn1c[n+](c3ccccc31)C2.